The summed E-state index contributed by atoms with van der Waals surface area (Å²) in [4.78, 5) is 97.4. The van der Waals surface area contributed by atoms with Gasteiger partial charge in [-0.25, -0.2) is 0 Å². The van der Waals surface area contributed by atoms with Crippen LogP contribution < -0.4 is 0 Å². The van der Waals surface area contributed by atoms with Gasteiger partial charge in [-0.15, -0.1) is 0 Å². The fourth-order valence-electron chi connectivity index (χ4n) is 6.46. The number of ketones is 8. The van der Waals surface area contributed by atoms with Crippen molar-refractivity contribution in [2.75, 3.05) is 0 Å². The molecule has 0 aliphatic carbocycles. The number of carbonyl (C=O) groups is 9. The molecule has 14 heteroatoms. The maximum Gasteiger partial charge on any atom is 0.307 e. The van der Waals surface area contributed by atoms with E-state index in [1.54, 1.807) is 26.0 Å². The van der Waals surface area contributed by atoms with Gasteiger partial charge in [0.2, 0.25) is 0 Å². The maximum atomic E-state index is 11.6. The smallest absolute Gasteiger partial charge is 0.307 e. The molecule has 0 amide bonds. The molecular weight excluding hydrogens is 902 g/mol. The largest absolute Gasteiger partial charge is 0.481 e. The van der Waals surface area contributed by atoms with Crippen LogP contribution in [-0.4, -0.2) is 57.3 Å². The van der Waals surface area contributed by atoms with Gasteiger partial charge in [-0.2, -0.15) is 0 Å². The predicted octanol–water partition coefficient (Wildman–Crippen LogP) is 13.4. The number of carbonyl (C=O) groups excluding carboxylic acids is 8. The Kier molecular flexibility index (Phi) is 48.3. The van der Waals surface area contributed by atoms with E-state index < -0.39 is 11.4 Å². The summed E-state index contributed by atoms with van der Waals surface area (Å²) in [6, 6.07) is 0. The third-order valence-electron chi connectivity index (χ3n) is 10.0. The lowest BCUT2D eigenvalue weighted by Crippen LogP contribution is -2.41. The van der Waals surface area contributed by atoms with Gasteiger partial charge in [0, 0.05) is 34.0 Å². The molecule has 0 heterocycles. The molecule has 0 aromatic rings. The summed E-state index contributed by atoms with van der Waals surface area (Å²) in [5.41, 5.74) is 4.75. The number of carboxylic acids is 1. The zero-order chi connectivity index (χ0) is 52.1. The first-order valence-electron chi connectivity index (χ1n) is 21.5. The van der Waals surface area contributed by atoms with Crippen molar-refractivity contribution in [1.29, 1.82) is 0 Å². The first-order chi connectivity index (χ1) is 29.3. The highest BCUT2D eigenvalue weighted by molar-refractivity contribution is 6.26. The monoisotopic (exact) mass is 982 g/mol. The molecule has 0 rings (SSSR count). The Morgan fingerprint density at radius 2 is 0.719 bits per heavy atom. The molecule has 0 saturated carbocycles. The molecule has 10 nitrogen and oxygen atoms in total. The van der Waals surface area contributed by atoms with Crippen LogP contribution in [0.3, 0.4) is 0 Å². The molecule has 1 N–H and O–H groups in total. The third kappa shape index (κ3) is 38.2. The molecule has 0 spiro atoms. The zero-order valence-corrected chi connectivity index (χ0v) is 45.0. The van der Waals surface area contributed by atoms with Crippen LogP contribution in [0.4, 0.5) is 0 Å². The Balaban J connectivity index is -0.000000159. The van der Waals surface area contributed by atoms with Crippen molar-refractivity contribution in [2.45, 2.75) is 157 Å². The summed E-state index contributed by atoms with van der Waals surface area (Å²) in [6.07, 6.45) is 9.48. The number of rotatable bonds is 22. The number of allylic oxidation sites excluding steroid dienone is 4. The van der Waals surface area contributed by atoms with E-state index in [9.17, 15) is 43.2 Å². The second-order valence-electron chi connectivity index (χ2n) is 17.2. The number of Topliss-reactive ketones (excluding diaryl/α,β-unsaturated/α-hetero) is 8. The van der Waals surface area contributed by atoms with Crippen LogP contribution in [-0.2, 0) is 43.2 Å². The van der Waals surface area contributed by atoms with Crippen LogP contribution in [0.2, 0.25) is 0 Å². The average molecular weight is 985 g/mol. The lowest BCUT2D eigenvalue weighted by molar-refractivity contribution is -0.143. The summed E-state index contributed by atoms with van der Waals surface area (Å²) in [7, 11) is 0. The highest BCUT2D eigenvalue weighted by atomic mass is 35.5. The van der Waals surface area contributed by atoms with E-state index in [0.717, 1.165) is 12.8 Å². The Morgan fingerprint density at radius 3 is 0.844 bits per heavy atom. The van der Waals surface area contributed by atoms with Crippen LogP contribution in [0.1, 0.15) is 157 Å². The fourth-order valence-corrected chi connectivity index (χ4v) is 6.86. The normalized spacial score (nSPS) is 12.6. The van der Waals surface area contributed by atoms with E-state index in [1.165, 1.54) is 63.7 Å². The molecule has 3 atom stereocenters. The molecular formula is C50H82Cl4O10. The van der Waals surface area contributed by atoms with Crippen LogP contribution in [0.5, 0.6) is 0 Å². The van der Waals surface area contributed by atoms with Crippen molar-refractivity contribution in [2.24, 2.45) is 58.7 Å². The molecule has 3 unspecified atom stereocenters. The van der Waals surface area contributed by atoms with Gasteiger partial charge in [0.05, 0.1) is 23.7 Å². The lowest BCUT2D eigenvalue weighted by Gasteiger charge is -2.31. The molecule has 0 aliphatic heterocycles. The standard InChI is InChI=1S/C11H17ClO2.2C9H15ClO.C8H13ClO2.C8H14O2.C5H8O2/c1-8(2)11(9(3)13,10(4)14)6-5-7-12;2*1-7(2)9(8(3)11)5-4-6-10;1-6(2)7(8(10)11)4-3-5-9;1-5(2)8(6(3)9)7(4)10;1-4(6)3-5(2)7/h5,7-8H,6H2,1-4H3;2*4,6-7,9H,5H2,1-3H3;3,5-7H,4H2,1-2H3,(H,10,11);5,8H,1-4H3;3H2,1-2H3/b7-5+;2*6-4+;5-3+;;. The topological polar surface area (TPSA) is 174 Å². The van der Waals surface area contributed by atoms with E-state index in [4.69, 9.17) is 51.5 Å². The number of aliphatic carboxylic acids is 1. The summed E-state index contributed by atoms with van der Waals surface area (Å²) in [5, 5.41) is 8.69. The summed E-state index contributed by atoms with van der Waals surface area (Å²) < 4.78 is 0. The summed E-state index contributed by atoms with van der Waals surface area (Å²) in [5.74, 6) is 0.0234. The molecule has 0 radical (unpaired) electrons. The number of hydrogen-bond donors (Lipinski definition) is 1. The van der Waals surface area contributed by atoms with Gasteiger partial charge in [-0.1, -0.05) is 140 Å². The van der Waals surface area contributed by atoms with E-state index >= 15 is 0 Å². The minimum atomic E-state index is -0.897. The molecule has 370 valence electrons. The van der Waals surface area contributed by atoms with E-state index in [2.05, 4.69) is 0 Å². The molecule has 0 saturated heterocycles. The lowest BCUT2D eigenvalue weighted by atomic mass is 9.69. The molecule has 64 heavy (non-hydrogen) atoms. The number of carboxylic acid groups (broad SMARTS) is 1. The second-order valence-corrected chi connectivity index (χ2v) is 18.2. The fraction of sp³-hybridized carbons (Fsp3) is 0.660. The Bertz CT molecular complexity index is 1400. The van der Waals surface area contributed by atoms with Gasteiger partial charge in [-0.3, -0.25) is 43.2 Å². The van der Waals surface area contributed by atoms with Crippen molar-refractivity contribution in [3.05, 3.63) is 46.4 Å². The molecule has 0 fully saturated rings. The van der Waals surface area contributed by atoms with Crippen LogP contribution >= 0.6 is 46.4 Å². The highest BCUT2D eigenvalue weighted by Gasteiger charge is 2.42. The van der Waals surface area contributed by atoms with Gasteiger partial charge in [0.1, 0.15) is 46.3 Å². The van der Waals surface area contributed by atoms with Crippen LogP contribution in [0.25, 0.3) is 0 Å². The Morgan fingerprint density at radius 1 is 0.438 bits per heavy atom. The van der Waals surface area contributed by atoms with Crippen molar-refractivity contribution in [3.63, 3.8) is 0 Å². The minimum Gasteiger partial charge on any atom is -0.481 e. The van der Waals surface area contributed by atoms with Gasteiger partial charge in [0.25, 0.3) is 0 Å². The number of halogens is 4. The summed E-state index contributed by atoms with van der Waals surface area (Å²) >= 11 is 21.4. The molecule has 0 aromatic carbocycles. The van der Waals surface area contributed by atoms with Gasteiger partial charge in [0.15, 0.2) is 0 Å². The van der Waals surface area contributed by atoms with Crippen molar-refractivity contribution < 1.29 is 48.3 Å². The second kappa shape index (κ2) is 42.6. The SMILES string of the molecule is CC(=O)C(C(C)=O)C(C)C.CC(=O)C(C/C=C/Cl)(C(C)=O)C(C)C.CC(=O)C(C/C=C/Cl)C(C)C.CC(=O)C(C/C=C/Cl)C(C)C.CC(=O)CC(C)=O.CC(C)C(C/C=C/Cl)C(=O)O. The zero-order valence-electron chi connectivity index (χ0n) is 42.0. The minimum absolute atomic E-state index is 0.00892. The molecule has 0 aromatic heterocycles. The maximum absolute atomic E-state index is 11.6. The van der Waals surface area contributed by atoms with Crippen LogP contribution in [0.15, 0.2) is 46.4 Å². The van der Waals surface area contributed by atoms with Crippen LogP contribution in [0, 0.1) is 58.7 Å². The first kappa shape index (κ1) is 72.5. The van der Waals surface area contributed by atoms with E-state index in [0.29, 0.717) is 24.7 Å². The van der Waals surface area contributed by atoms with Crippen molar-refractivity contribution in [1.82, 2.24) is 0 Å². The van der Waals surface area contributed by atoms with Gasteiger partial charge >= 0.3 is 5.97 Å². The van der Waals surface area contributed by atoms with Crippen molar-refractivity contribution >= 4 is 98.6 Å². The van der Waals surface area contributed by atoms with Gasteiger partial charge < -0.3 is 5.11 Å². The van der Waals surface area contributed by atoms with E-state index in [-0.39, 0.29) is 94.1 Å². The Hall–Kier alpha value is -3.05. The predicted molar refractivity (Wildman–Crippen MR) is 267 cm³/mol. The highest BCUT2D eigenvalue weighted by Crippen LogP contribution is 2.34. The van der Waals surface area contributed by atoms with Crippen molar-refractivity contribution in [3.8, 4) is 0 Å². The van der Waals surface area contributed by atoms with E-state index in [1.807, 2.05) is 81.4 Å². The molecule has 0 aliphatic rings. The number of hydrogen-bond acceptors (Lipinski definition) is 9. The molecule has 0 bridgehead atoms. The third-order valence-corrected chi connectivity index (χ3v) is 10.7. The first-order valence-corrected chi connectivity index (χ1v) is 23.3. The van der Waals surface area contributed by atoms with Gasteiger partial charge in [-0.05, 0) is 111 Å². The summed E-state index contributed by atoms with van der Waals surface area (Å²) in [6.45, 7) is 31.4. The average Bonchev–Trinajstić information content (AvgIpc) is 3.11. The Labute approximate surface area is 406 Å². The quantitative estimate of drug-likeness (QED) is 0.103.